The fraction of sp³-hybridized carbons (Fsp3) is 0.296. The third-order valence-electron chi connectivity index (χ3n) is 7.00. The largest absolute Gasteiger partial charge is 0.508 e. The van der Waals surface area contributed by atoms with Gasteiger partial charge in [-0.25, -0.2) is 10.9 Å². The lowest BCUT2D eigenvalue weighted by Gasteiger charge is -2.31. The Hall–Kier alpha value is -3.06. The van der Waals surface area contributed by atoms with Crippen LogP contribution in [0.2, 0.25) is 5.02 Å². The highest BCUT2D eigenvalue weighted by molar-refractivity contribution is 6.31. The molecule has 1 amide bonds. The van der Waals surface area contributed by atoms with Gasteiger partial charge in [0.15, 0.2) is 0 Å². The number of nitrogens with zero attached hydrogens (tertiary/aromatic N) is 1. The molecule has 2 saturated heterocycles. The average Bonchev–Trinajstić information content (AvgIpc) is 3.39. The first-order valence-electron chi connectivity index (χ1n) is 11.5. The number of phenols is 1. The van der Waals surface area contributed by atoms with Crippen LogP contribution in [0.4, 0.5) is 0 Å². The second-order valence-electron chi connectivity index (χ2n) is 8.97. The van der Waals surface area contributed by atoms with E-state index in [-0.39, 0.29) is 29.7 Å². The van der Waals surface area contributed by atoms with E-state index in [1.165, 1.54) is 0 Å². The van der Waals surface area contributed by atoms with Crippen molar-refractivity contribution in [3.63, 3.8) is 0 Å². The first kappa shape index (κ1) is 22.7. The number of methoxy groups -OCH3 is 1. The van der Waals surface area contributed by atoms with Crippen molar-refractivity contribution >= 4 is 17.5 Å². The molecule has 4 atom stereocenters. The molecule has 3 aromatic rings. The molecule has 2 heterocycles. The molecule has 0 radical (unpaired) electrons. The van der Waals surface area contributed by atoms with Gasteiger partial charge in [0.25, 0.3) is 0 Å². The second kappa shape index (κ2) is 9.29. The number of hydrazine groups is 1. The van der Waals surface area contributed by atoms with E-state index in [0.717, 1.165) is 28.9 Å². The maximum Gasteiger partial charge on any atom is 0.242 e. The summed E-state index contributed by atoms with van der Waals surface area (Å²) in [6.07, 6.45) is 0.734. The Morgan fingerprint density at radius 3 is 2.44 bits per heavy atom. The number of fused-ring (bicyclic) bond motifs is 1. The quantitative estimate of drug-likeness (QED) is 0.493. The van der Waals surface area contributed by atoms with Crippen LogP contribution in [0.15, 0.2) is 66.7 Å². The van der Waals surface area contributed by atoms with Gasteiger partial charge in [-0.1, -0.05) is 54.1 Å². The molecule has 0 saturated carbocycles. The fourth-order valence-corrected chi connectivity index (χ4v) is 5.41. The van der Waals surface area contributed by atoms with Crippen LogP contribution < -0.4 is 15.6 Å². The van der Waals surface area contributed by atoms with Crippen molar-refractivity contribution in [2.75, 3.05) is 13.7 Å². The highest BCUT2D eigenvalue weighted by Crippen LogP contribution is 2.49. The molecular weight excluding hydrogens is 450 g/mol. The first-order chi connectivity index (χ1) is 16.5. The van der Waals surface area contributed by atoms with Crippen LogP contribution in [0.3, 0.4) is 0 Å². The van der Waals surface area contributed by atoms with E-state index in [0.29, 0.717) is 17.1 Å². The minimum Gasteiger partial charge on any atom is -0.508 e. The maximum atomic E-state index is 13.6. The molecule has 2 fully saturated rings. The number of rotatable bonds is 6. The summed E-state index contributed by atoms with van der Waals surface area (Å²) in [6, 6.07) is 20.7. The predicted octanol–water partition coefficient (Wildman–Crippen LogP) is 4.32. The van der Waals surface area contributed by atoms with Gasteiger partial charge in [-0.15, -0.1) is 0 Å². The molecule has 5 rings (SSSR count). The minimum absolute atomic E-state index is 0.0556. The summed E-state index contributed by atoms with van der Waals surface area (Å²) < 4.78 is 5.26. The van der Waals surface area contributed by atoms with E-state index < -0.39 is 6.04 Å². The number of carbonyl (C=O) groups excluding carboxylic acids is 1. The summed E-state index contributed by atoms with van der Waals surface area (Å²) in [5.41, 5.74) is 10.2. The van der Waals surface area contributed by atoms with Gasteiger partial charge in [0.1, 0.15) is 17.5 Å². The molecule has 0 aromatic heterocycles. The molecule has 2 aliphatic heterocycles. The molecule has 34 heavy (non-hydrogen) atoms. The van der Waals surface area contributed by atoms with Gasteiger partial charge in [0, 0.05) is 23.0 Å². The third-order valence-corrected chi connectivity index (χ3v) is 7.41. The van der Waals surface area contributed by atoms with E-state index in [4.69, 9.17) is 16.3 Å². The summed E-state index contributed by atoms with van der Waals surface area (Å²) in [5.74, 6) is 0.931. The van der Waals surface area contributed by atoms with E-state index in [1.807, 2.05) is 54.3 Å². The van der Waals surface area contributed by atoms with Gasteiger partial charge in [-0.2, -0.15) is 0 Å². The van der Waals surface area contributed by atoms with E-state index in [2.05, 4.69) is 23.0 Å². The maximum absolute atomic E-state index is 13.6. The monoisotopic (exact) mass is 477 g/mol. The van der Waals surface area contributed by atoms with Gasteiger partial charge >= 0.3 is 0 Å². The molecular formula is C27H28ClN3O3. The van der Waals surface area contributed by atoms with Gasteiger partial charge < -0.3 is 14.7 Å². The Morgan fingerprint density at radius 1 is 1.03 bits per heavy atom. The second-order valence-corrected chi connectivity index (χ2v) is 9.37. The van der Waals surface area contributed by atoms with Crippen LogP contribution >= 0.6 is 11.6 Å². The SMILES string of the molecule is COc1ccc(CCN2C(=O)C3NNC(c4cc(Cl)c(C)cc4O)C3C2c2ccccc2)cc1. The van der Waals surface area contributed by atoms with Gasteiger partial charge in [-0.05, 0) is 54.3 Å². The number of hydrogen-bond donors (Lipinski definition) is 3. The molecule has 6 nitrogen and oxygen atoms in total. The predicted molar refractivity (Wildman–Crippen MR) is 132 cm³/mol. The van der Waals surface area contributed by atoms with Crippen molar-refractivity contribution < 1.29 is 14.6 Å². The normalized spacial score (nSPS) is 23.9. The number of benzene rings is 3. The Kier molecular flexibility index (Phi) is 6.21. The van der Waals surface area contributed by atoms with Gasteiger partial charge in [-0.3, -0.25) is 4.79 Å². The molecule has 7 heteroatoms. The van der Waals surface area contributed by atoms with Crippen molar-refractivity contribution in [1.82, 2.24) is 15.8 Å². The van der Waals surface area contributed by atoms with E-state index in [9.17, 15) is 9.90 Å². The van der Waals surface area contributed by atoms with Crippen molar-refractivity contribution in [2.24, 2.45) is 5.92 Å². The number of aromatic hydroxyl groups is 1. The van der Waals surface area contributed by atoms with Crippen molar-refractivity contribution in [3.05, 3.63) is 94.0 Å². The number of carbonyl (C=O) groups is 1. The average molecular weight is 478 g/mol. The Balaban J connectivity index is 1.48. The summed E-state index contributed by atoms with van der Waals surface area (Å²) in [7, 11) is 1.65. The molecule has 2 aliphatic rings. The third kappa shape index (κ3) is 4.02. The highest BCUT2D eigenvalue weighted by Gasteiger charge is 2.55. The van der Waals surface area contributed by atoms with E-state index >= 15 is 0 Å². The number of ether oxygens (including phenoxy) is 1. The standard InChI is InChI=1S/C27H28ClN3O3/c1-16-14-22(32)20(15-21(16)28)24-23-25(30-29-24)27(33)31(26(23)18-6-4-3-5-7-18)13-12-17-8-10-19(34-2)11-9-17/h3-11,14-15,23-26,29-30,32H,12-13H2,1-2H3. The Morgan fingerprint density at radius 2 is 1.74 bits per heavy atom. The molecule has 3 aromatic carbocycles. The number of amides is 1. The van der Waals surface area contributed by atoms with Crippen molar-refractivity contribution in [3.8, 4) is 11.5 Å². The highest BCUT2D eigenvalue weighted by atomic mass is 35.5. The summed E-state index contributed by atoms with van der Waals surface area (Å²) in [5, 5.41) is 11.3. The van der Waals surface area contributed by atoms with E-state index in [1.54, 1.807) is 19.2 Å². The van der Waals surface area contributed by atoms with Crippen LogP contribution in [-0.2, 0) is 11.2 Å². The number of aryl methyl sites for hydroxylation is 1. The lowest BCUT2D eigenvalue weighted by Crippen LogP contribution is -2.42. The fourth-order valence-electron chi connectivity index (χ4n) is 5.24. The van der Waals surface area contributed by atoms with Crippen LogP contribution in [0.25, 0.3) is 0 Å². The number of hydrogen-bond acceptors (Lipinski definition) is 5. The number of nitrogens with one attached hydrogen (secondary N) is 2. The molecule has 3 N–H and O–H groups in total. The van der Waals surface area contributed by atoms with Crippen LogP contribution in [-0.4, -0.2) is 35.6 Å². The van der Waals surface area contributed by atoms with Crippen LogP contribution in [0, 0.1) is 12.8 Å². The van der Waals surface area contributed by atoms with Crippen molar-refractivity contribution in [1.29, 1.82) is 0 Å². The Labute approximate surface area is 204 Å². The molecule has 4 unspecified atom stereocenters. The van der Waals surface area contributed by atoms with Gasteiger partial charge in [0.05, 0.1) is 19.2 Å². The molecule has 176 valence electrons. The molecule has 0 bridgehead atoms. The molecule has 0 aliphatic carbocycles. The summed E-state index contributed by atoms with van der Waals surface area (Å²) >= 11 is 6.41. The Bertz CT molecular complexity index is 1190. The lowest BCUT2D eigenvalue weighted by molar-refractivity contribution is -0.130. The molecule has 0 spiro atoms. The van der Waals surface area contributed by atoms with Crippen LogP contribution in [0.5, 0.6) is 11.5 Å². The topological polar surface area (TPSA) is 73.8 Å². The summed E-state index contributed by atoms with van der Waals surface area (Å²) in [4.78, 5) is 15.6. The number of likely N-dealkylation sites (tertiary alicyclic amines) is 1. The zero-order valence-corrected chi connectivity index (χ0v) is 19.9. The van der Waals surface area contributed by atoms with Crippen LogP contribution in [0.1, 0.15) is 34.3 Å². The van der Waals surface area contributed by atoms with Crippen molar-refractivity contribution in [2.45, 2.75) is 31.5 Å². The first-order valence-corrected chi connectivity index (χ1v) is 11.8. The lowest BCUT2D eigenvalue weighted by atomic mass is 9.83. The number of halogens is 1. The number of phenolic OH excluding ortho intramolecular Hbond substituents is 1. The summed E-state index contributed by atoms with van der Waals surface area (Å²) in [6.45, 7) is 2.45. The smallest absolute Gasteiger partial charge is 0.242 e. The van der Waals surface area contributed by atoms with Gasteiger partial charge in [0.2, 0.25) is 5.91 Å². The zero-order chi connectivity index (χ0) is 23.8. The zero-order valence-electron chi connectivity index (χ0n) is 19.2. The minimum atomic E-state index is -0.398.